The predicted octanol–water partition coefficient (Wildman–Crippen LogP) is 2.80. The van der Waals surface area contributed by atoms with E-state index < -0.39 is 5.92 Å². The summed E-state index contributed by atoms with van der Waals surface area (Å²) in [5, 5.41) is 6.21. The van der Waals surface area contributed by atoms with Gasteiger partial charge in [-0.05, 0) is 24.2 Å². The van der Waals surface area contributed by atoms with Crippen molar-refractivity contribution in [3.8, 4) is 11.5 Å². The van der Waals surface area contributed by atoms with Crippen LogP contribution in [0.15, 0.2) is 42.5 Å². The Hall–Kier alpha value is -3.06. The van der Waals surface area contributed by atoms with Crippen molar-refractivity contribution in [1.29, 1.82) is 0 Å². The van der Waals surface area contributed by atoms with Crippen LogP contribution >= 0.6 is 0 Å². The number of amides is 2. The molecule has 0 spiro atoms. The van der Waals surface area contributed by atoms with E-state index in [2.05, 4.69) is 10.6 Å². The predicted molar refractivity (Wildman–Crippen MR) is 112 cm³/mol. The highest BCUT2D eigenvalue weighted by Gasteiger charge is 2.35. The number of anilines is 2. The molecule has 1 saturated heterocycles. The number of ether oxygens (including phenoxy) is 2. The molecule has 0 saturated carbocycles. The van der Waals surface area contributed by atoms with Gasteiger partial charge in [0.1, 0.15) is 11.5 Å². The van der Waals surface area contributed by atoms with Gasteiger partial charge < -0.3 is 25.0 Å². The van der Waals surface area contributed by atoms with Crippen LogP contribution in [0, 0.1) is 5.92 Å². The highest BCUT2D eigenvalue weighted by atomic mass is 16.5. The van der Waals surface area contributed by atoms with Gasteiger partial charge >= 0.3 is 0 Å². The SMILES string of the molecule is CCNCc1cccc(NC(=O)C2CC(=O)N(c3cc(OC)cc(OC)c3)C2)c1. The van der Waals surface area contributed by atoms with Gasteiger partial charge in [0.15, 0.2) is 0 Å². The number of carbonyl (C=O) groups is 2. The van der Waals surface area contributed by atoms with Crippen molar-refractivity contribution in [2.24, 2.45) is 5.92 Å². The van der Waals surface area contributed by atoms with Gasteiger partial charge in [0, 0.05) is 43.4 Å². The maximum Gasteiger partial charge on any atom is 0.229 e. The van der Waals surface area contributed by atoms with Crippen LogP contribution in [0.4, 0.5) is 11.4 Å². The summed E-state index contributed by atoms with van der Waals surface area (Å²) in [5.41, 5.74) is 2.49. The van der Waals surface area contributed by atoms with Crippen molar-refractivity contribution in [1.82, 2.24) is 5.32 Å². The average Bonchev–Trinajstić information content (AvgIpc) is 3.14. The molecule has 2 amide bonds. The molecule has 1 aliphatic heterocycles. The molecule has 2 N–H and O–H groups in total. The summed E-state index contributed by atoms with van der Waals surface area (Å²) in [6.45, 7) is 3.99. The number of methoxy groups -OCH3 is 2. The summed E-state index contributed by atoms with van der Waals surface area (Å²) < 4.78 is 10.6. The molecular weight excluding hydrogens is 370 g/mol. The van der Waals surface area contributed by atoms with Gasteiger partial charge in [-0.2, -0.15) is 0 Å². The standard InChI is InChI=1S/C22H27N3O4/c1-4-23-13-15-6-5-7-17(8-15)24-22(27)16-9-21(26)25(14-16)18-10-19(28-2)12-20(11-18)29-3/h5-8,10-12,16,23H,4,9,13-14H2,1-3H3,(H,24,27). The molecule has 3 rings (SSSR count). The van der Waals surface area contributed by atoms with Gasteiger partial charge in [-0.25, -0.2) is 0 Å². The fourth-order valence-electron chi connectivity index (χ4n) is 3.35. The smallest absolute Gasteiger partial charge is 0.229 e. The Morgan fingerprint density at radius 3 is 2.52 bits per heavy atom. The van der Waals surface area contributed by atoms with Crippen LogP contribution in [-0.4, -0.2) is 39.1 Å². The first kappa shape index (κ1) is 20.7. The van der Waals surface area contributed by atoms with Crippen LogP contribution in [0.3, 0.4) is 0 Å². The molecule has 2 aromatic carbocycles. The van der Waals surface area contributed by atoms with Crippen LogP contribution in [0.5, 0.6) is 11.5 Å². The summed E-state index contributed by atoms with van der Waals surface area (Å²) in [7, 11) is 3.12. The third kappa shape index (κ3) is 5.06. The van der Waals surface area contributed by atoms with E-state index >= 15 is 0 Å². The van der Waals surface area contributed by atoms with Crippen molar-refractivity contribution in [2.45, 2.75) is 19.9 Å². The normalized spacial score (nSPS) is 16.0. The molecule has 0 radical (unpaired) electrons. The Morgan fingerprint density at radius 2 is 1.86 bits per heavy atom. The molecule has 7 nitrogen and oxygen atoms in total. The molecule has 154 valence electrons. The van der Waals surface area contributed by atoms with E-state index in [0.29, 0.717) is 23.7 Å². The molecule has 29 heavy (non-hydrogen) atoms. The van der Waals surface area contributed by atoms with Gasteiger partial charge in [0.2, 0.25) is 11.8 Å². The van der Waals surface area contributed by atoms with E-state index in [1.165, 1.54) is 0 Å². The van der Waals surface area contributed by atoms with Crippen LogP contribution in [-0.2, 0) is 16.1 Å². The lowest BCUT2D eigenvalue weighted by atomic mass is 10.1. The molecule has 0 aromatic heterocycles. The molecule has 1 heterocycles. The third-order valence-corrected chi connectivity index (χ3v) is 4.92. The van der Waals surface area contributed by atoms with Gasteiger partial charge in [-0.3, -0.25) is 9.59 Å². The number of hydrogen-bond acceptors (Lipinski definition) is 5. The fraction of sp³-hybridized carbons (Fsp3) is 0.364. The zero-order valence-corrected chi connectivity index (χ0v) is 17.0. The second-order valence-electron chi connectivity index (χ2n) is 6.95. The van der Waals surface area contributed by atoms with E-state index in [4.69, 9.17) is 9.47 Å². The van der Waals surface area contributed by atoms with Crippen molar-refractivity contribution >= 4 is 23.2 Å². The first-order valence-corrected chi connectivity index (χ1v) is 9.68. The second kappa shape index (κ2) is 9.43. The van der Waals surface area contributed by atoms with Crippen LogP contribution < -0.4 is 25.0 Å². The number of rotatable bonds is 8. The first-order chi connectivity index (χ1) is 14.0. The molecule has 0 aliphatic carbocycles. The molecule has 0 bridgehead atoms. The molecule has 1 aliphatic rings. The second-order valence-corrected chi connectivity index (χ2v) is 6.95. The fourth-order valence-corrected chi connectivity index (χ4v) is 3.35. The quantitative estimate of drug-likeness (QED) is 0.716. The maximum atomic E-state index is 12.8. The number of carbonyl (C=O) groups excluding carboxylic acids is 2. The van der Waals surface area contributed by atoms with Crippen LogP contribution in [0.25, 0.3) is 0 Å². The van der Waals surface area contributed by atoms with Gasteiger partial charge in [-0.15, -0.1) is 0 Å². The van der Waals surface area contributed by atoms with Gasteiger partial charge in [0.25, 0.3) is 0 Å². The van der Waals surface area contributed by atoms with E-state index in [0.717, 1.165) is 24.3 Å². The van der Waals surface area contributed by atoms with E-state index in [9.17, 15) is 9.59 Å². The van der Waals surface area contributed by atoms with Crippen LogP contribution in [0.2, 0.25) is 0 Å². The Balaban J connectivity index is 1.69. The number of nitrogens with zero attached hydrogens (tertiary/aromatic N) is 1. The summed E-state index contributed by atoms with van der Waals surface area (Å²) in [5.74, 6) is 0.518. The highest BCUT2D eigenvalue weighted by molar-refractivity contribution is 6.03. The van der Waals surface area contributed by atoms with Crippen molar-refractivity contribution in [3.63, 3.8) is 0 Å². The molecule has 1 unspecified atom stereocenters. The van der Waals surface area contributed by atoms with Gasteiger partial charge in [0.05, 0.1) is 25.8 Å². The molecule has 2 aromatic rings. The third-order valence-electron chi connectivity index (χ3n) is 4.92. The number of benzene rings is 2. The Bertz CT molecular complexity index is 862. The zero-order valence-electron chi connectivity index (χ0n) is 17.0. The zero-order chi connectivity index (χ0) is 20.8. The minimum atomic E-state index is -0.419. The maximum absolute atomic E-state index is 12.8. The average molecular weight is 397 g/mol. The lowest BCUT2D eigenvalue weighted by Crippen LogP contribution is -2.28. The minimum Gasteiger partial charge on any atom is -0.497 e. The lowest BCUT2D eigenvalue weighted by Gasteiger charge is -2.18. The monoisotopic (exact) mass is 397 g/mol. The van der Waals surface area contributed by atoms with Crippen molar-refractivity contribution < 1.29 is 19.1 Å². The topological polar surface area (TPSA) is 79.9 Å². The Morgan fingerprint density at radius 1 is 1.14 bits per heavy atom. The number of hydrogen-bond donors (Lipinski definition) is 2. The summed E-state index contributed by atoms with van der Waals surface area (Å²) in [6, 6.07) is 13.0. The Labute approximate surface area is 171 Å². The van der Waals surface area contributed by atoms with Crippen molar-refractivity contribution in [2.75, 3.05) is 37.5 Å². The molecular formula is C22H27N3O4. The largest absolute Gasteiger partial charge is 0.497 e. The van der Waals surface area contributed by atoms with Crippen LogP contribution in [0.1, 0.15) is 18.9 Å². The highest BCUT2D eigenvalue weighted by Crippen LogP contribution is 2.32. The Kier molecular flexibility index (Phi) is 6.72. The summed E-state index contributed by atoms with van der Waals surface area (Å²) in [6.07, 6.45) is 0.169. The summed E-state index contributed by atoms with van der Waals surface area (Å²) >= 11 is 0. The van der Waals surface area contributed by atoms with Gasteiger partial charge in [-0.1, -0.05) is 19.1 Å². The van der Waals surface area contributed by atoms with E-state index in [-0.39, 0.29) is 18.2 Å². The summed E-state index contributed by atoms with van der Waals surface area (Å²) in [4.78, 5) is 26.9. The van der Waals surface area contributed by atoms with E-state index in [1.54, 1.807) is 37.3 Å². The molecule has 1 fully saturated rings. The lowest BCUT2D eigenvalue weighted by molar-refractivity contribution is -0.122. The minimum absolute atomic E-state index is 0.0960. The number of nitrogens with one attached hydrogen (secondary N) is 2. The molecule has 1 atom stereocenters. The van der Waals surface area contributed by atoms with E-state index in [1.807, 2.05) is 31.2 Å². The first-order valence-electron chi connectivity index (χ1n) is 9.68. The van der Waals surface area contributed by atoms with Crippen molar-refractivity contribution in [3.05, 3.63) is 48.0 Å². The molecule has 7 heteroatoms.